The van der Waals surface area contributed by atoms with E-state index in [2.05, 4.69) is 18.7 Å². The van der Waals surface area contributed by atoms with Gasteiger partial charge in [0.15, 0.2) is 0 Å². The van der Waals surface area contributed by atoms with Crippen LogP contribution in [0.2, 0.25) is 0 Å². The lowest BCUT2D eigenvalue weighted by atomic mass is 10.00. The van der Waals surface area contributed by atoms with Gasteiger partial charge in [0.2, 0.25) is 5.91 Å². The van der Waals surface area contributed by atoms with Crippen LogP contribution >= 0.6 is 0 Å². The number of carbonyl (C=O) groups excluding carboxylic acids is 1. The van der Waals surface area contributed by atoms with Crippen molar-refractivity contribution in [3.8, 4) is 0 Å². The summed E-state index contributed by atoms with van der Waals surface area (Å²) in [4.78, 5) is 17.0. The summed E-state index contributed by atoms with van der Waals surface area (Å²) >= 11 is 0. The van der Waals surface area contributed by atoms with Crippen molar-refractivity contribution in [3.63, 3.8) is 0 Å². The predicted octanol–water partition coefficient (Wildman–Crippen LogP) is 1.45. The van der Waals surface area contributed by atoms with Crippen LogP contribution in [-0.4, -0.2) is 54.0 Å². The van der Waals surface area contributed by atoms with Gasteiger partial charge in [-0.05, 0) is 51.1 Å². The Bertz CT molecular complexity index is 300. The van der Waals surface area contributed by atoms with Crippen molar-refractivity contribution in [2.75, 3.05) is 26.2 Å². The molecule has 1 amide bonds. The van der Waals surface area contributed by atoms with E-state index >= 15 is 0 Å². The summed E-state index contributed by atoms with van der Waals surface area (Å²) in [5, 5.41) is 0. The Morgan fingerprint density at radius 2 is 1.89 bits per heavy atom. The molecule has 0 aromatic heterocycles. The minimum atomic E-state index is -0.308. The summed E-state index contributed by atoms with van der Waals surface area (Å²) in [6.07, 6.45) is 5.79. The minimum absolute atomic E-state index is 0.164. The van der Waals surface area contributed by atoms with Crippen molar-refractivity contribution < 1.29 is 4.79 Å². The molecule has 2 N–H and O–H groups in total. The molecule has 4 nitrogen and oxygen atoms in total. The number of nitrogens with two attached hydrogens (primary N) is 1. The first kappa shape index (κ1) is 14.8. The number of likely N-dealkylation sites (tertiary alicyclic amines) is 2. The van der Waals surface area contributed by atoms with Gasteiger partial charge in [0.1, 0.15) is 0 Å². The van der Waals surface area contributed by atoms with Gasteiger partial charge in [0.05, 0.1) is 6.04 Å². The van der Waals surface area contributed by atoms with Crippen molar-refractivity contribution in [2.24, 2.45) is 11.7 Å². The Labute approximate surface area is 117 Å². The number of hydrogen-bond donors (Lipinski definition) is 1. The fourth-order valence-electron chi connectivity index (χ4n) is 3.40. The molecule has 2 heterocycles. The maximum Gasteiger partial charge on any atom is 0.239 e. The lowest BCUT2D eigenvalue weighted by Gasteiger charge is -2.38. The van der Waals surface area contributed by atoms with E-state index in [4.69, 9.17) is 5.73 Å². The largest absolute Gasteiger partial charge is 0.340 e. The van der Waals surface area contributed by atoms with Gasteiger partial charge in [-0.3, -0.25) is 9.69 Å². The molecule has 110 valence electrons. The molecule has 0 bridgehead atoms. The molecule has 0 aromatic carbocycles. The molecule has 1 unspecified atom stereocenters. The average molecular weight is 267 g/mol. The molecule has 0 saturated carbocycles. The number of hydrogen-bond acceptors (Lipinski definition) is 3. The second-order valence-electron chi connectivity index (χ2n) is 6.56. The zero-order chi connectivity index (χ0) is 13.8. The van der Waals surface area contributed by atoms with Crippen LogP contribution in [-0.2, 0) is 4.79 Å². The van der Waals surface area contributed by atoms with Crippen LogP contribution in [0.1, 0.15) is 46.0 Å². The van der Waals surface area contributed by atoms with Crippen molar-refractivity contribution in [1.82, 2.24) is 9.80 Å². The molecule has 2 atom stereocenters. The summed E-state index contributed by atoms with van der Waals surface area (Å²) in [6, 6.07) is 0.267. The molecule has 2 saturated heterocycles. The van der Waals surface area contributed by atoms with E-state index in [1.165, 1.54) is 32.4 Å². The Morgan fingerprint density at radius 3 is 2.53 bits per heavy atom. The molecule has 2 rings (SSSR count). The number of piperidine rings is 1. The lowest BCUT2D eigenvalue weighted by molar-refractivity contribution is -0.135. The molecular formula is C15H29N3O. The van der Waals surface area contributed by atoms with Gasteiger partial charge < -0.3 is 10.6 Å². The van der Waals surface area contributed by atoms with Crippen molar-refractivity contribution in [2.45, 2.75) is 58.0 Å². The molecule has 2 fully saturated rings. The van der Waals surface area contributed by atoms with Crippen LogP contribution < -0.4 is 5.73 Å². The summed E-state index contributed by atoms with van der Waals surface area (Å²) in [6.45, 7) is 8.46. The molecule has 19 heavy (non-hydrogen) atoms. The fourth-order valence-corrected chi connectivity index (χ4v) is 3.40. The highest BCUT2D eigenvalue weighted by Crippen LogP contribution is 2.21. The Balaban J connectivity index is 1.87. The van der Waals surface area contributed by atoms with Crippen LogP contribution in [0.5, 0.6) is 0 Å². The third kappa shape index (κ3) is 3.93. The first-order valence-corrected chi connectivity index (χ1v) is 7.86. The highest BCUT2D eigenvalue weighted by Gasteiger charge is 2.31. The van der Waals surface area contributed by atoms with Crippen LogP contribution in [0.15, 0.2) is 0 Å². The molecule has 0 spiro atoms. The first-order valence-electron chi connectivity index (χ1n) is 7.86. The third-order valence-corrected chi connectivity index (χ3v) is 4.41. The second-order valence-corrected chi connectivity index (χ2v) is 6.56. The van der Waals surface area contributed by atoms with Crippen LogP contribution in [0.3, 0.4) is 0 Å². The maximum absolute atomic E-state index is 12.4. The van der Waals surface area contributed by atoms with E-state index in [9.17, 15) is 4.79 Å². The summed E-state index contributed by atoms with van der Waals surface area (Å²) in [5.74, 6) is 0.649. The maximum atomic E-state index is 12.4. The van der Waals surface area contributed by atoms with E-state index in [1.807, 2.05) is 4.90 Å². The Kier molecular flexibility index (Phi) is 5.22. The predicted molar refractivity (Wildman–Crippen MR) is 77.8 cm³/mol. The molecule has 2 aliphatic rings. The number of rotatable bonds is 4. The average Bonchev–Trinajstić information content (AvgIpc) is 2.91. The Hall–Kier alpha value is -0.610. The summed E-state index contributed by atoms with van der Waals surface area (Å²) in [7, 11) is 0. The van der Waals surface area contributed by atoms with Crippen LogP contribution in [0.4, 0.5) is 0 Å². The van der Waals surface area contributed by atoms with E-state index in [0.29, 0.717) is 12.0 Å². The van der Waals surface area contributed by atoms with Crippen LogP contribution in [0, 0.1) is 5.92 Å². The second kappa shape index (κ2) is 6.71. The number of nitrogens with zero attached hydrogens (tertiary/aromatic N) is 2. The van der Waals surface area contributed by atoms with Crippen molar-refractivity contribution in [3.05, 3.63) is 0 Å². The highest BCUT2D eigenvalue weighted by molar-refractivity contribution is 5.81. The molecule has 2 aliphatic heterocycles. The van der Waals surface area contributed by atoms with E-state index in [1.54, 1.807) is 0 Å². The van der Waals surface area contributed by atoms with Gasteiger partial charge in [-0.15, -0.1) is 0 Å². The number of amides is 1. The minimum Gasteiger partial charge on any atom is -0.340 e. The lowest BCUT2D eigenvalue weighted by Crippen LogP contribution is -2.53. The Morgan fingerprint density at radius 1 is 1.21 bits per heavy atom. The van der Waals surface area contributed by atoms with Crippen molar-refractivity contribution >= 4 is 5.91 Å². The molecule has 0 aromatic rings. The summed E-state index contributed by atoms with van der Waals surface area (Å²) in [5.41, 5.74) is 6.04. The van der Waals surface area contributed by atoms with Crippen molar-refractivity contribution in [1.29, 1.82) is 0 Å². The monoisotopic (exact) mass is 267 g/mol. The third-order valence-electron chi connectivity index (χ3n) is 4.41. The highest BCUT2D eigenvalue weighted by atomic mass is 16.2. The fraction of sp³-hybridized carbons (Fsp3) is 0.933. The SMILES string of the molecule is CC(C)C[C@@H](N)C(=O)N1CCCC(N2CCCC2)C1. The van der Waals surface area contributed by atoms with E-state index in [0.717, 1.165) is 25.9 Å². The van der Waals surface area contributed by atoms with Gasteiger partial charge in [0.25, 0.3) is 0 Å². The molecule has 0 radical (unpaired) electrons. The smallest absolute Gasteiger partial charge is 0.239 e. The topological polar surface area (TPSA) is 49.6 Å². The molecular weight excluding hydrogens is 238 g/mol. The van der Waals surface area contributed by atoms with Crippen LogP contribution in [0.25, 0.3) is 0 Å². The molecule has 4 heteroatoms. The van der Waals surface area contributed by atoms with E-state index < -0.39 is 0 Å². The van der Waals surface area contributed by atoms with Gasteiger partial charge in [-0.25, -0.2) is 0 Å². The first-order chi connectivity index (χ1) is 9.08. The zero-order valence-corrected chi connectivity index (χ0v) is 12.5. The quantitative estimate of drug-likeness (QED) is 0.838. The van der Waals surface area contributed by atoms with Gasteiger partial charge in [-0.2, -0.15) is 0 Å². The normalized spacial score (nSPS) is 26.9. The zero-order valence-electron chi connectivity index (χ0n) is 12.5. The molecule has 0 aliphatic carbocycles. The van der Waals surface area contributed by atoms with E-state index in [-0.39, 0.29) is 11.9 Å². The number of carbonyl (C=O) groups is 1. The van der Waals surface area contributed by atoms with Gasteiger partial charge in [-0.1, -0.05) is 13.8 Å². The van der Waals surface area contributed by atoms with Gasteiger partial charge in [0, 0.05) is 19.1 Å². The summed E-state index contributed by atoms with van der Waals surface area (Å²) < 4.78 is 0. The standard InChI is InChI=1S/C15H29N3O/c1-12(2)10-14(16)15(19)18-9-5-6-13(11-18)17-7-3-4-8-17/h12-14H,3-11,16H2,1-2H3/t13?,14-/m1/s1. The van der Waals surface area contributed by atoms with Gasteiger partial charge >= 0.3 is 0 Å².